The molecule has 0 aliphatic rings. The van der Waals surface area contributed by atoms with Crippen molar-refractivity contribution >= 4 is 27.7 Å². The van der Waals surface area contributed by atoms with Crippen LogP contribution in [0.2, 0.25) is 0 Å². The van der Waals surface area contributed by atoms with Crippen LogP contribution >= 0.6 is 27.7 Å². The van der Waals surface area contributed by atoms with Crippen molar-refractivity contribution in [2.75, 3.05) is 0 Å². The second-order valence-electron chi connectivity index (χ2n) is 3.14. The number of halogens is 1. The molecule has 0 spiro atoms. The van der Waals surface area contributed by atoms with E-state index in [1.807, 2.05) is 18.7 Å². The maximum absolute atomic E-state index is 5.78. The molecule has 0 aromatic heterocycles. The van der Waals surface area contributed by atoms with Gasteiger partial charge in [0.25, 0.3) is 0 Å². The van der Waals surface area contributed by atoms with Gasteiger partial charge in [0.05, 0.1) is 0 Å². The van der Waals surface area contributed by atoms with Crippen LogP contribution in [0.3, 0.4) is 0 Å². The molecule has 1 aromatic rings. The highest BCUT2D eigenvalue weighted by atomic mass is 79.9. The van der Waals surface area contributed by atoms with Gasteiger partial charge < -0.3 is 5.73 Å². The number of nitrogens with two attached hydrogens (primary N) is 1. The molecule has 2 atom stereocenters. The molecule has 0 saturated heterocycles. The average molecular weight is 260 g/mol. The smallest absolute Gasteiger partial charge is 0.0215 e. The fourth-order valence-electron chi connectivity index (χ4n) is 0.835. The normalized spacial score (nSPS) is 15.4. The van der Waals surface area contributed by atoms with Crippen molar-refractivity contribution in [2.24, 2.45) is 5.73 Å². The lowest BCUT2D eigenvalue weighted by atomic mass is 10.3. The summed E-state index contributed by atoms with van der Waals surface area (Å²) in [6.07, 6.45) is 0. The molecule has 0 radical (unpaired) electrons. The van der Waals surface area contributed by atoms with Gasteiger partial charge in [-0.2, -0.15) is 0 Å². The minimum absolute atomic E-state index is 0.230. The molecular weight excluding hydrogens is 246 g/mol. The van der Waals surface area contributed by atoms with E-state index in [1.54, 1.807) is 0 Å². The van der Waals surface area contributed by atoms with E-state index in [0.29, 0.717) is 5.25 Å². The summed E-state index contributed by atoms with van der Waals surface area (Å²) in [5.41, 5.74) is 5.78. The average Bonchev–Trinajstić information content (AvgIpc) is 2.08. The highest BCUT2D eigenvalue weighted by Crippen LogP contribution is 2.25. The summed E-state index contributed by atoms with van der Waals surface area (Å²) in [5.74, 6) is 0. The van der Waals surface area contributed by atoms with Gasteiger partial charge in [-0.15, -0.1) is 11.8 Å². The fourth-order valence-corrected chi connectivity index (χ4v) is 2.04. The minimum atomic E-state index is 0.230. The van der Waals surface area contributed by atoms with Crippen LogP contribution in [0.15, 0.2) is 33.6 Å². The van der Waals surface area contributed by atoms with Crippen LogP contribution in [0.25, 0.3) is 0 Å². The molecule has 0 fully saturated rings. The van der Waals surface area contributed by atoms with Crippen molar-refractivity contribution in [3.05, 3.63) is 28.7 Å². The number of hydrogen-bond acceptors (Lipinski definition) is 2. The Bertz CT molecular complexity index is 258. The molecule has 2 unspecified atom stereocenters. The van der Waals surface area contributed by atoms with Gasteiger partial charge in [0.2, 0.25) is 0 Å². The number of rotatable bonds is 3. The summed E-state index contributed by atoms with van der Waals surface area (Å²) in [6.45, 7) is 4.19. The zero-order valence-corrected chi connectivity index (χ0v) is 10.2. The first-order valence-corrected chi connectivity index (χ1v) is 5.94. The Kier molecular flexibility index (Phi) is 4.29. The third-order valence-electron chi connectivity index (χ3n) is 1.88. The maximum Gasteiger partial charge on any atom is 0.0215 e. The third kappa shape index (κ3) is 3.71. The summed E-state index contributed by atoms with van der Waals surface area (Å²) in [4.78, 5) is 1.27. The Morgan fingerprint density at radius 1 is 1.23 bits per heavy atom. The molecule has 1 rings (SSSR count). The van der Waals surface area contributed by atoms with E-state index >= 15 is 0 Å². The monoisotopic (exact) mass is 259 g/mol. The molecule has 0 amide bonds. The molecule has 0 aliphatic heterocycles. The molecule has 13 heavy (non-hydrogen) atoms. The highest BCUT2D eigenvalue weighted by Gasteiger charge is 2.08. The van der Waals surface area contributed by atoms with E-state index in [-0.39, 0.29) is 6.04 Å². The van der Waals surface area contributed by atoms with E-state index in [9.17, 15) is 0 Å². The van der Waals surface area contributed by atoms with Crippen molar-refractivity contribution in [3.8, 4) is 0 Å². The first-order chi connectivity index (χ1) is 6.09. The minimum Gasteiger partial charge on any atom is -0.327 e. The van der Waals surface area contributed by atoms with Gasteiger partial charge in [-0.25, -0.2) is 0 Å². The fraction of sp³-hybridized carbons (Fsp3) is 0.400. The molecule has 72 valence electrons. The molecule has 2 N–H and O–H groups in total. The molecule has 0 bridgehead atoms. The largest absolute Gasteiger partial charge is 0.327 e. The van der Waals surface area contributed by atoms with Crippen LogP contribution in [0.5, 0.6) is 0 Å². The van der Waals surface area contributed by atoms with Crippen LogP contribution < -0.4 is 5.73 Å². The van der Waals surface area contributed by atoms with Gasteiger partial charge in [-0.05, 0) is 31.2 Å². The van der Waals surface area contributed by atoms with Crippen molar-refractivity contribution in [1.29, 1.82) is 0 Å². The molecule has 0 aliphatic carbocycles. The van der Waals surface area contributed by atoms with Gasteiger partial charge in [-0.1, -0.05) is 22.9 Å². The van der Waals surface area contributed by atoms with Crippen LogP contribution in [0.4, 0.5) is 0 Å². The van der Waals surface area contributed by atoms with Crippen molar-refractivity contribution in [1.82, 2.24) is 0 Å². The van der Waals surface area contributed by atoms with E-state index in [2.05, 4.69) is 47.1 Å². The summed E-state index contributed by atoms with van der Waals surface area (Å²) < 4.78 is 1.12. The lowest BCUT2D eigenvalue weighted by molar-refractivity contribution is 0.731. The number of benzene rings is 1. The highest BCUT2D eigenvalue weighted by molar-refractivity contribution is 9.10. The quantitative estimate of drug-likeness (QED) is 0.844. The first kappa shape index (κ1) is 11.1. The Morgan fingerprint density at radius 3 is 2.23 bits per heavy atom. The van der Waals surface area contributed by atoms with Gasteiger partial charge in [0.15, 0.2) is 0 Å². The van der Waals surface area contributed by atoms with E-state index in [1.165, 1.54) is 4.90 Å². The van der Waals surface area contributed by atoms with Gasteiger partial charge in [-0.3, -0.25) is 0 Å². The van der Waals surface area contributed by atoms with E-state index in [4.69, 9.17) is 5.73 Å². The predicted molar refractivity (Wildman–Crippen MR) is 63.1 cm³/mol. The lowest BCUT2D eigenvalue weighted by Crippen LogP contribution is -2.26. The number of hydrogen-bond donors (Lipinski definition) is 1. The van der Waals surface area contributed by atoms with Gasteiger partial charge >= 0.3 is 0 Å². The lowest BCUT2D eigenvalue weighted by Gasteiger charge is -2.14. The predicted octanol–water partition coefficient (Wildman–Crippen LogP) is 3.28. The van der Waals surface area contributed by atoms with Crippen molar-refractivity contribution in [3.63, 3.8) is 0 Å². The van der Waals surface area contributed by atoms with E-state index in [0.717, 1.165) is 4.47 Å². The molecule has 0 saturated carbocycles. The zero-order chi connectivity index (χ0) is 9.84. The molecular formula is C10H14BrNS. The van der Waals surface area contributed by atoms with Crippen LogP contribution in [0.1, 0.15) is 13.8 Å². The Labute approximate surface area is 92.2 Å². The second kappa shape index (κ2) is 5.03. The van der Waals surface area contributed by atoms with Crippen LogP contribution in [-0.2, 0) is 0 Å². The summed E-state index contributed by atoms with van der Waals surface area (Å²) in [7, 11) is 0. The standard InChI is InChI=1S/C10H14BrNS/c1-7(12)8(2)13-10-5-3-9(11)4-6-10/h3-8H,12H2,1-2H3. The maximum atomic E-state index is 5.78. The van der Waals surface area contributed by atoms with Crippen molar-refractivity contribution in [2.45, 2.75) is 30.0 Å². The molecule has 3 heteroatoms. The van der Waals surface area contributed by atoms with Gasteiger partial charge in [0, 0.05) is 20.7 Å². The topological polar surface area (TPSA) is 26.0 Å². The van der Waals surface area contributed by atoms with E-state index < -0.39 is 0 Å². The second-order valence-corrected chi connectivity index (χ2v) is 5.50. The Hall–Kier alpha value is 0.01000. The Balaban J connectivity index is 2.59. The zero-order valence-electron chi connectivity index (χ0n) is 7.83. The molecule has 1 aromatic carbocycles. The van der Waals surface area contributed by atoms with Crippen molar-refractivity contribution < 1.29 is 0 Å². The third-order valence-corrected chi connectivity index (χ3v) is 3.75. The Morgan fingerprint density at radius 2 is 1.77 bits per heavy atom. The molecule has 0 heterocycles. The van der Waals surface area contributed by atoms with Crippen LogP contribution in [-0.4, -0.2) is 11.3 Å². The first-order valence-electron chi connectivity index (χ1n) is 4.27. The summed E-state index contributed by atoms with van der Waals surface area (Å²) >= 11 is 5.22. The summed E-state index contributed by atoms with van der Waals surface area (Å²) in [6, 6.07) is 8.54. The molecule has 1 nitrogen and oxygen atoms in total. The van der Waals surface area contributed by atoms with Crippen LogP contribution in [0, 0.1) is 0 Å². The summed E-state index contributed by atoms with van der Waals surface area (Å²) in [5, 5.41) is 0.459. The number of thioether (sulfide) groups is 1. The van der Waals surface area contributed by atoms with Gasteiger partial charge in [0.1, 0.15) is 0 Å². The SMILES string of the molecule is CC(N)C(C)Sc1ccc(Br)cc1.